The van der Waals surface area contributed by atoms with Gasteiger partial charge in [-0.3, -0.25) is 0 Å². The molecule has 0 amide bonds. The number of nitrogens with two attached hydrogens (primary N) is 1. The van der Waals surface area contributed by atoms with Crippen LogP contribution in [0.25, 0.3) is 0 Å². The second kappa shape index (κ2) is 4.37. The molecule has 1 fully saturated rings. The monoisotopic (exact) mass is 244 g/mol. The number of hydrogen-bond donors (Lipinski definition) is 4. The molecule has 9 heteroatoms. The fourth-order valence-electron chi connectivity index (χ4n) is 1.62. The van der Waals surface area contributed by atoms with E-state index in [-0.39, 0.29) is 5.82 Å². The average Bonchev–Trinajstić information content (AvgIpc) is 2.57. The Bertz CT molecular complexity index is 463. The van der Waals surface area contributed by atoms with Crippen LogP contribution in [0.15, 0.2) is 11.0 Å². The van der Waals surface area contributed by atoms with Crippen molar-refractivity contribution in [2.75, 3.05) is 12.3 Å². The Kier molecular flexibility index (Phi) is 3.07. The quantitative estimate of drug-likeness (QED) is 0.426. The summed E-state index contributed by atoms with van der Waals surface area (Å²) in [4.78, 5) is 14.9. The average molecular weight is 244 g/mol. The Hall–Kier alpha value is -1.55. The van der Waals surface area contributed by atoms with E-state index in [4.69, 9.17) is 15.6 Å². The maximum atomic E-state index is 11.4. The highest BCUT2D eigenvalue weighted by Crippen LogP contribution is 2.27. The molecule has 2 heterocycles. The van der Waals surface area contributed by atoms with Crippen LogP contribution in [0.5, 0.6) is 0 Å². The van der Waals surface area contributed by atoms with Crippen molar-refractivity contribution < 1.29 is 20.1 Å². The Morgan fingerprint density at radius 3 is 2.71 bits per heavy atom. The van der Waals surface area contributed by atoms with Gasteiger partial charge in [0.05, 0.1) is 12.8 Å². The first-order valence-corrected chi connectivity index (χ1v) is 4.88. The van der Waals surface area contributed by atoms with Gasteiger partial charge >= 0.3 is 5.69 Å². The zero-order valence-electron chi connectivity index (χ0n) is 8.67. The summed E-state index contributed by atoms with van der Waals surface area (Å²) in [7, 11) is 0. The molecule has 0 spiro atoms. The molecule has 0 bridgehead atoms. The van der Waals surface area contributed by atoms with Gasteiger partial charge in [0.15, 0.2) is 6.23 Å². The molecule has 9 nitrogen and oxygen atoms in total. The highest BCUT2D eigenvalue weighted by Gasteiger charge is 2.44. The third-order valence-electron chi connectivity index (χ3n) is 2.49. The van der Waals surface area contributed by atoms with Crippen LogP contribution < -0.4 is 11.4 Å². The molecule has 5 N–H and O–H groups in total. The summed E-state index contributed by atoms with van der Waals surface area (Å²) in [5, 5.41) is 31.7. The number of nitrogens with zero attached hydrogens (tertiary/aromatic N) is 3. The van der Waals surface area contributed by atoms with E-state index < -0.39 is 36.8 Å². The van der Waals surface area contributed by atoms with Crippen molar-refractivity contribution in [3.05, 3.63) is 16.7 Å². The molecule has 4 atom stereocenters. The van der Waals surface area contributed by atoms with E-state index in [0.717, 1.165) is 10.9 Å². The summed E-state index contributed by atoms with van der Waals surface area (Å²) in [5.41, 5.74) is 4.46. The maximum Gasteiger partial charge on any atom is 0.368 e. The number of aromatic nitrogens is 3. The van der Waals surface area contributed by atoms with Crippen LogP contribution in [0.4, 0.5) is 5.82 Å². The van der Waals surface area contributed by atoms with Gasteiger partial charge in [-0.05, 0) is 0 Å². The second-order valence-corrected chi connectivity index (χ2v) is 3.64. The summed E-state index contributed by atoms with van der Waals surface area (Å²) in [6, 6.07) is 0. The lowest BCUT2D eigenvalue weighted by Gasteiger charge is -2.15. The van der Waals surface area contributed by atoms with Gasteiger partial charge in [0, 0.05) is 0 Å². The molecule has 1 saturated heterocycles. The molecular formula is C8H12N4O5. The van der Waals surface area contributed by atoms with E-state index >= 15 is 0 Å². The van der Waals surface area contributed by atoms with Gasteiger partial charge in [0.25, 0.3) is 0 Å². The number of hydrogen-bond acceptors (Lipinski definition) is 8. The zero-order valence-corrected chi connectivity index (χ0v) is 8.67. The normalized spacial score (nSPS) is 32.9. The summed E-state index contributed by atoms with van der Waals surface area (Å²) < 4.78 is 5.88. The smallest absolute Gasteiger partial charge is 0.368 e. The minimum Gasteiger partial charge on any atom is -0.394 e. The molecule has 0 saturated carbocycles. The Morgan fingerprint density at radius 1 is 1.47 bits per heavy atom. The first kappa shape index (κ1) is 11.9. The van der Waals surface area contributed by atoms with Gasteiger partial charge in [-0.25, -0.2) is 4.79 Å². The van der Waals surface area contributed by atoms with Crippen LogP contribution in [0.1, 0.15) is 6.23 Å². The van der Waals surface area contributed by atoms with Crippen molar-refractivity contribution in [2.24, 2.45) is 0 Å². The predicted octanol–water partition coefficient (Wildman–Crippen LogP) is -3.17. The minimum atomic E-state index is -1.37. The first-order chi connectivity index (χ1) is 8.04. The largest absolute Gasteiger partial charge is 0.394 e. The fourth-order valence-corrected chi connectivity index (χ4v) is 1.62. The SMILES string of the molecule is Nc1cnn([C@@H]2O[C@@H](CO)[C@H](O)[C@@H]2O)c(=O)n1. The van der Waals surface area contributed by atoms with Crippen molar-refractivity contribution in [2.45, 2.75) is 24.5 Å². The Balaban J connectivity index is 2.32. The third kappa shape index (κ3) is 2.00. The van der Waals surface area contributed by atoms with Gasteiger partial charge in [-0.2, -0.15) is 14.8 Å². The van der Waals surface area contributed by atoms with Crippen molar-refractivity contribution in [1.82, 2.24) is 14.8 Å². The molecule has 17 heavy (non-hydrogen) atoms. The first-order valence-electron chi connectivity index (χ1n) is 4.88. The van der Waals surface area contributed by atoms with Gasteiger partial charge in [-0.15, -0.1) is 0 Å². The topological polar surface area (TPSA) is 144 Å². The molecule has 1 aliphatic rings. The summed E-state index contributed by atoms with van der Waals surface area (Å²) in [6.07, 6.45) is -3.71. The fraction of sp³-hybridized carbons (Fsp3) is 0.625. The Morgan fingerprint density at radius 2 is 2.18 bits per heavy atom. The molecular weight excluding hydrogens is 232 g/mol. The molecule has 0 aliphatic carbocycles. The maximum absolute atomic E-state index is 11.4. The molecule has 2 rings (SSSR count). The lowest BCUT2D eigenvalue weighted by molar-refractivity contribution is -0.0616. The van der Waals surface area contributed by atoms with E-state index in [2.05, 4.69) is 10.1 Å². The standard InChI is InChI=1S/C8H12N4O5/c9-4-1-10-12(8(16)11-4)7-6(15)5(14)3(2-13)17-7/h1,3,5-7,13-15H,2H2,(H2,9,11,16)/t3-,5-,6-,7+/m0/s1. The summed E-state index contributed by atoms with van der Waals surface area (Å²) in [5.74, 6) is -0.0574. The van der Waals surface area contributed by atoms with Crippen LogP contribution in [-0.2, 0) is 4.74 Å². The van der Waals surface area contributed by atoms with E-state index in [9.17, 15) is 15.0 Å². The number of rotatable bonds is 2. The van der Waals surface area contributed by atoms with Crippen molar-refractivity contribution in [3.8, 4) is 0 Å². The van der Waals surface area contributed by atoms with Crippen LogP contribution in [0.2, 0.25) is 0 Å². The molecule has 1 aliphatic heterocycles. The lowest BCUT2D eigenvalue weighted by Crippen LogP contribution is -2.37. The number of anilines is 1. The molecule has 0 aromatic carbocycles. The Labute approximate surface area is 95.1 Å². The van der Waals surface area contributed by atoms with Crippen molar-refractivity contribution in [3.63, 3.8) is 0 Å². The minimum absolute atomic E-state index is 0.0574. The highest BCUT2D eigenvalue weighted by atomic mass is 16.6. The third-order valence-corrected chi connectivity index (χ3v) is 2.49. The van der Waals surface area contributed by atoms with E-state index in [1.54, 1.807) is 0 Å². The van der Waals surface area contributed by atoms with E-state index in [1.807, 2.05) is 0 Å². The molecule has 0 radical (unpaired) electrons. The number of aliphatic hydroxyl groups excluding tert-OH is 3. The van der Waals surface area contributed by atoms with Crippen LogP contribution >= 0.6 is 0 Å². The summed E-state index contributed by atoms with van der Waals surface area (Å²) >= 11 is 0. The number of aliphatic hydroxyl groups is 3. The lowest BCUT2D eigenvalue weighted by atomic mass is 10.1. The molecule has 1 aromatic rings. The predicted molar refractivity (Wildman–Crippen MR) is 53.7 cm³/mol. The summed E-state index contributed by atoms with van der Waals surface area (Å²) in [6.45, 7) is -0.480. The van der Waals surface area contributed by atoms with E-state index in [1.165, 1.54) is 0 Å². The highest BCUT2D eigenvalue weighted by molar-refractivity contribution is 5.19. The number of ether oxygens (including phenoxy) is 1. The van der Waals surface area contributed by atoms with Gasteiger partial charge in [-0.1, -0.05) is 0 Å². The molecule has 94 valence electrons. The van der Waals surface area contributed by atoms with E-state index in [0.29, 0.717) is 0 Å². The molecule has 1 aromatic heterocycles. The van der Waals surface area contributed by atoms with Gasteiger partial charge < -0.3 is 25.8 Å². The van der Waals surface area contributed by atoms with Crippen molar-refractivity contribution >= 4 is 5.82 Å². The van der Waals surface area contributed by atoms with Crippen molar-refractivity contribution in [1.29, 1.82) is 0 Å². The van der Waals surface area contributed by atoms with Gasteiger partial charge in [0.2, 0.25) is 0 Å². The van der Waals surface area contributed by atoms with Crippen LogP contribution in [0.3, 0.4) is 0 Å². The van der Waals surface area contributed by atoms with Gasteiger partial charge in [0.1, 0.15) is 24.1 Å². The number of nitrogen functional groups attached to an aromatic ring is 1. The second-order valence-electron chi connectivity index (χ2n) is 3.64. The zero-order chi connectivity index (χ0) is 12.6. The molecule has 0 unspecified atom stereocenters. The van der Waals surface area contributed by atoms with Crippen LogP contribution in [0, 0.1) is 0 Å². The van der Waals surface area contributed by atoms with Crippen LogP contribution in [-0.4, -0.2) is 55.0 Å².